The lowest BCUT2D eigenvalue weighted by atomic mass is 9.88. The van der Waals surface area contributed by atoms with Gasteiger partial charge in [-0.1, -0.05) is 308 Å². The summed E-state index contributed by atoms with van der Waals surface area (Å²) in [5.41, 5.74) is 6.77. The summed E-state index contributed by atoms with van der Waals surface area (Å²) in [5, 5.41) is 0. The molecule has 0 nitrogen and oxygen atoms in total. The quantitative estimate of drug-likeness (QED) is 0.0576. The Morgan fingerprint density at radius 2 is 0.397 bits per heavy atom. The largest absolute Gasteiger partial charge is 0.0654 e. The maximum Gasteiger partial charge on any atom is -0.0273 e. The van der Waals surface area contributed by atoms with E-state index in [-0.39, 0.29) is 0 Å². The van der Waals surface area contributed by atoms with Crippen LogP contribution in [0.2, 0.25) is 0 Å². The van der Waals surface area contributed by atoms with Gasteiger partial charge in [-0.25, -0.2) is 0 Å². The first kappa shape index (κ1) is 55.2. The van der Waals surface area contributed by atoms with E-state index in [9.17, 15) is 0 Å². The molecule has 0 amide bonds. The van der Waals surface area contributed by atoms with E-state index in [1.807, 2.05) is 0 Å². The molecule has 0 unspecified atom stereocenters. The molecule has 0 aromatic heterocycles. The van der Waals surface area contributed by atoms with Gasteiger partial charge in [0.25, 0.3) is 0 Å². The Morgan fingerprint density at radius 1 is 0.224 bits per heavy atom. The average molecular weight is 808 g/mol. The topological polar surface area (TPSA) is 0 Å². The molecule has 0 saturated carbocycles. The van der Waals surface area contributed by atoms with Crippen LogP contribution in [-0.2, 0) is 19.3 Å². The highest BCUT2D eigenvalue weighted by molar-refractivity contribution is 5.39. The standard InChI is InChI=1S/C58H110/c1-5-8-11-14-17-20-23-26-29-32-35-38-41-44-47-50-56-53-55(4)54-57(51-48-45-42-39-36-33-30-27-24-21-18-15-12-9-6-2)58(56)52-49-46-43-40-37-34-31-28-25-22-19-16-13-10-7-3/h53-54H,5-52H2,1-4H3. The van der Waals surface area contributed by atoms with Gasteiger partial charge in [-0.2, -0.15) is 0 Å². The van der Waals surface area contributed by atoms with Crippen LogP contribution < -0.4 is 0 Å². The smallest absolute Gasteiger partial charge is 0.0273 e. The van der Waals surface area contributed by atoms with E-state index >= 15 is 0 Å². The van der Waals surface area contributed by atoms with Crippen molar-refractivity contribution in [2.75, 3.05) is 0 Å². The first-order valence-corrected chi connectivity index (χ1v) is 27.8. The van der Waals surface area contributed by atoms with Crippen LogP contribution in [0.15, 0.2) is 12.1 Å². The normalized spacial score (nSPS) is 11.7. The van der Waals surface area contributed by atoms with Crippen LogP contribution in [-0.4, -0.2) is 0 Å². The van der Waals surface area contributed by atoms with Crippen molar-refractivity contribution < 1.29 is 0 Å². The molecule has 1 aromatic carbocycles. The second-order valence-corrected chi connectivity index (χ2v) is 19.7. The van der Waals surface area contributed by atoms with Crippen LogP contribution in [0.5, 0.6) is 0 Å². The summed E-state index contributed by atoms with van der Waals surface area (Å²) in [6.07, 6.45) is 69.4. The van der Waals surface area contributed by atoms with E-state index in [0.29, 0.717) is 0 Å². The van der Waals surface area contributed by atoms with Gasteiger partial charge in [0.15, 0.2) is 0 Å². The van der Waals surface area contributed by atoms with Crippen molar-refractivity contribution in [2.24, 2.45) is 0 Å². The Morgan fingerprint density at radius 3 is 0.603 bits per heavy atom. The Balaban J connectivity index is 2.38. The molecule has 0 N–H and O–H groups in total. The van der Waals surface area contributed by atoms with E-state index < -0.39 is 0 Å². The molecule has 0 aliphatic rings. The third-order valence-corrected chi connectivity index (χ3v) is 13.7. The van der Waals surface area contributed by atoms with E-state index in [1.54, 1.807) is 16.7 Å². The molecule has 0 atom stereocenters. The summed E-state index contributed by atoms with van der Waals surface area (Å²) in [7, 11) is 0. The van der Waals surface area contributed by atoms with Crippen LogP contribution in [0.1, 0.15) is 332 Å². The third kappa shape index (κ3) is 37.0. The van der Waals surface area contributed by atoms with Crippen molar-refractivity contribution in [3.05, 3.63) is 34.4 Å². The van der Waals surface area contributed by atoms with Gasteiger partial charge in [0, 0.05) is 0 Å². The number of aryl methyl sites for hydroxylation is 3. The van der Waals surface area contributed by atoms with E-state index in [0.717, 1.165) is 0 Å². The number of unbranched alkanes of at least 4 members (excludes halogenated alkanes) is 42. The van der Waals surface area contributed by atoms with Crippen molar-refractivity contribution in [2.45, 2.75) is 336 Å². The zero-order valence-corrected chi connectivity index (χ0v) is 41.1. The van der Waals surface area contributed by atoms with Gasteiger partial charge in [0.05, 0.1) is 0 Å². The highest BCUT2D eigenvalue weighted by Gasteiger charge is 2.11. The van der Waals surface area contributed by atoms with Gasteiger partial charge in [-0.3, -0.25) is 0 Å². The lowest BCUT2D eigenvalue weighted by Gasteiger charge is -2.17. The first-order valence-electron chi connectivity index (χ1n) is 27.8. The maximum atomic E-state index is 2.60. The van der Waals surface area contributed by atoms with Gasteiger partial charge < -0.3 is 0 Å². The molecular formula is C58H110. The van der Waals surface area contributed by atoms with Crippen LogP contribution in [0, 0.1) is 6.92 Å². The first-order chi connectivity index (χ1) is 28.7. The van der Waals surface area contributed by atoms with Gasteiger partial charge in [-0.15, -0.1) is 0 Å². The predicted octanol–water partition coefficient (Wildman–Crippen LogP) is 21.2. The summed E-state index contributed by atoms with van der Waals surface area (Å²) >= 11 is 0. The minimum atomic E-state index is 1.32. The zero-order chi connectivity index (χ0) is 41.7. The van der Waals surface area contributed by atoms with Crippen LogP contribution >= 0.6 is 0 Å². The van der Waals surface area contributed by atoms with Crippen molar-refractivity contribution >= 4 is 0 Å². The average Bonchev–Trinajstić information content (AvgIpc) is 3.22. The molecular weight excluding hydrogens is 697 g/mol. The number of hydrogen-bond acceptors (Lipinski definition) is 0. The molecule has 0 bridgehead atoms. The predicted molar refractivity (Wildman–Crippen MR) is 267 cm³/mol. The number of benzene rings is 1. The van der Waals surface area contributed by atoms with Gasteiger partial charge >= 0.3 is 0 Å². The Labute approximate surface area is 368 Å². The van der Waals surface area contributed by atoms with Crippen molar-refractivity contribution in [3.8, 4) is 0 Å². The van der Waals surface area contributed by atoms with Crippen molar-refractivity contribution in [1.82, 2.24) is 0 Å². The summed E-state index contributed by atoms with van der Waals surface area (Å²) in [4.78, 5) is 0. The van der Waals surface area contributed by atoms with E-state index in [2.05, 4.69) is 39.8 Å². The fourth-order valence-electron chi connectivity index (χ4n) is 9.79. The molecule has 58 heavy (non-hydrogen) atoms. The molecule has 1 rings (SSSR count). The lowest BCUT2D eigenvalue weighted by molar-refractivity contribution is 0.530. The molecule has 0 aliphatic carbocycles. The SMILES string of the molecule is CCCCCCCCCCCCCCCCCc1cc(C)cc(CCCCCCCCCCCCCCCCC)c1CCCCCCCCCCCCCCCCC. The minimum absolute atomic E-state index is 1.32. The Kier molecular flexibility index (Phi) is 43.6. The highest BCUT2D eigenvalue weighted by Crippen LogP contribution is 2.26. The summed E-state index contributed by atoms with van der Waals surface area (Å²) in [5.74, 6) is 0. The van der Waals surface area contributed by atoms with Crippen LogP contribution in [0.3, 0.4) is 0 Å². The zero-order valence-electron chi connectivity index (χ0n) is 41.1. The molecule has 0 saturated heterocycles. The third-order valence-electron chi connectivity index (χ3n) is 13.7. The molecule has 0 aliphatic heterocycles. The summed E-state index contributed by atoms with van der Waals surface area (Å²) in [6.45, 7) is 9.34. The Bertz CT molecular complexity index is 871. The molecule has 0 heterocycles. The number of rotatable bonds is 48. The van der Waals surface area contributed by atoms with Crippen molar-refractivity contribution in [1.29, 1.82) is 0 Å². The van der Waals surface area contributed by atoms with Gasteiger partial charge in [0.1, 0.15) is 0 Å². The fourth-order valence-corrected chi connectivity index (χ4v) is 9.79. The molecule has 1 aromatic rings. The second-order valence-electron chi connectivity index (χ2n) is 19.7. The van der Waals surface area contributed by atoms with Crippen LogP contribution in [0.4, 0.5) is 0 Å². The minimum Gasteiger partial charge on any atom is -0.0654 e. The molecule has 0 radical (unpaired) electrons. The number of hydrogen-bond donors (Lipinski definition) is 0. The summed E-state index contributed by atoms with van der Waals surface area (Å²) in [6, 6.07) is 5.20. The fraction of sp³-hybridized carbons (Fsp3) is 0.897. The monoisotopic (exact) mass is 807 g/mol. The second kappa shape index (κ2) is 45.7. The molecule has 0 heteroatoms. The van der Waals surface area contributed by atoms with E-state index in [4.69, 9.17) is 0 Å². The Hall–Kier alpha value is -0.780. The van der Waals surface area contributed by atoms with Crippen LogP contribution in [0.25, 0.3) is 0 Å². The molecule has 0 spiro atoms. The lowest BCUT2D eigenvalue weighted by Crippen LogP contribution is -2.03. The highest BCUT2D eigenvalue weighted by atomic mass is 14.2. The van der Waals surface area contributed by atoms with Crippen molar-refractivity contribution in [3.63, 3.8) is 0 Å². The molecule has 342 valence electrons. The molecule has 0 fully saturated rings. The maximum absolute atomic E-state index is 2.60. The van der Waals surface area contributed by atoms with Gasteiger partial charge in [0.2, 0.25) is 0 Å². The van der Waals surface area contributed by atoms with Gasteiger partial charge in [-0.05, 0) is 62.1 Å². The van der Waals surface area contributed by atoms with E-state index in [1.165, 1.54) is 314 Å². The summed E-state index contributed by atoms with van der Waals surface area (Å²) < 4.78 is 0.